The maximum absolute atomic E-state index is 12.3. The number of hydrogen-bond acceptors (Lipinski definition) is 4. The Balaban J connectivity index is 1.77. The van der Waals surface area contributed by atoms with Crippen LogP contribution in [0.2, 0.25) is 0 Å². The fourth-order valence-electron chi connectivity index (χ4n) is 7.23. The second-order valence-electron chi connectivity index (χ2n) is 9.99. The molecule has 0 heterocycles. The molecule has 0 spiro atoms. The molecular formula is C24H32O4. The molecule has 28 heavy (non-hydrogen) atoms. The first-order valence-electron chi connectivity index (χ1n) is 10.8. The van der Waals surface area contributed by atoms with Crippen LogP contribution in [-0.4, -0.2) is 24.1 Å². The molecule has 0 aromatic carbocycles. The topological polar surface area (TPSA) is 60.4 Å². The first-order chi connectivity index (χ1) is 13.2. The van der Waals surface area contributed by atoms with Gasteiger partial charge in [0.1, 0.15) is 12.4 Å². The predicted octanol–water partition coefficient (Wildman–Crippen LogP) is 4.43. The number of allylic oxidation sites excluding steroid dienone is 2. The van der Waals surface area contributed by atoms with Gasteiger partial charge in [0.25, 0.3) is 0 Å². The van der Waals surface area contributed by atoms with Gasteiger partial charge in [0.2, 0.25) is 0 Å². The van der Waals surface area contributed by atoms with Gasteiger partial charge in [-0.15, -0.1) is 0 Å². The van der Waals surface area contributed by atoms with Crippen molar-refractivity contribution in [1.82, 2.24) is 0 Å². The molecule has 4 aliphatic rings. The fourth-order valence-corrected chi connectivity index (χ4v) is 7.23. The number of carbonyl (C=O) groups is 3. The molecule has 0 aromatic heterocycles. The summed E-state index contributed by atoms with van der Waals surface area (Å²) < 4.78 is 5.37. The van der Waals surface area contributed by atoms with Crippen molar-refractivity contribution in [1.29, 1.82) is 0 Å². The van der Waals surface area contributed by atoms with Gasteiger partial charge in [-0.2, -0.15) is 0 Å². The van der Waals surface area contributed by atoms with E-state index < -0.39 is 0 Å². The Morgan fingerprint density at radius 1 is 1.11 bits per heavy atom. The van der Waals surface area contributed by atoms with E-state index in [1.807, 2.05) is 6.08 Å². The quantitative estimate of drug-likeness (QED) is 0.675. The maximum atomic E-state index is 12.3. The Bertz CT molecular complexity index is 790. The van der Waals surface area contributed by atoms with Gasteiger partial charge >= 0.3 is 5.97 Å². The van der Waals surface area contributed by atoms with Crippen molar-refractivity contribution in [2.24, 2.45) is 34.5 Å². The lowest BCUT2D eigenvalue weighted by Crippen LogP contribution is -2.50. The third-order valence-corrected chi connectivity index (χ3v) is 8.62. The van der Waals surface area contributed by atoms with E-state index in [-0.39, 0.29) is 35.1 Å². The third kappa shape index (κ3) is 2.83. The summed E-state index contributed by atoms with van der Waals surface area (Å²) >= 11 is 0. The Hall–Kier alpha value is -1.71. The van der Waals surface area contributed by atoms with Crippen molar-refractivity contribution in [2.45, 2.75) is 66.2 Å². The zero-order valence-electron chi connectivity index (χ0n) is 17.5. The van der Waals surface area contributed by atoms with Gasteiger partial charge in [0.05, 0.1) is 0 Å². The second-order valence-corrected chi connectivity index (χ2v) is 9.99. The summed E-state index contributed by atoms with van der Waals surface area (Å²) in [6.07, 6.45) is 9.87. The maximum Gasteiger partial charge on any atom is 0.302 e. The number of ether oxygens (including phenoxy) is 1. The van der Waals surface area contributed by atoms with Crippen LogP contribution in [0.3, 0.4) is 0 Å². The number of hydrogen-bond donors (Lipinski definition) is 0. The van der Waals surface area contributed by atoms with Crippen molar-refractivity contribution in [3.05, 3.63) is 23.3 Å². The van der Waals surface area contributed by atoms with Crippen LogP contribution in [-0.2, 0) is 19.1 Å². The van der Waals surface area contributed by atoms with Gasteiger partial charge in [0, 0.05) is 19.3 Å². The Morgan fingerprint density at radius 3 is 2.54 bits per heavy atom. The summed E-state index contributed by atoms with van der Waals surface area (Å²) in [7, 11) is 0. The molecule has 0 amide bonds. The van der Waals surface area contributed by atoms with Gasteiger partial charge in [-0.3, -0.25) is 14.4 Å². The summed E-state index contributed by atoms with van der Waals surface area (Å²) in [6, 6.07) is 0. The molecule has 0 radical (unpaired) electrons. The van der Waals surface area contributed by atoms with E-state index in [0.29, 0.717) is 30.0 Å². The van der Waals surface area contributed by atoms with Crippen LogP contribution in [0.15, 0.2) is 23.3 Å². The average molecular weight is 385 g/mol. The standard InChI is InChI=1S/C24H32O4/c1-14(25)19-5-6-20-18-11-16(13-28-15(2)26)22-12-17(27)7-9-24(22,4)21(18)8-10-23(19,20)3/h11-12,18-21H,5-10,13H2,1-4H3/t18-,19+,20-,21-,23+,24+/m0/s1. The van der Waals surface area contributed by atoms with Gasteiger partial charge in [-0.05, 0) is 84.8 Å². The van der Waals surface area contributed by atoms with E-state index in [2.05, 4.69) is 19.9 Å². The van der Waals surface area contributed by atoms with Crippen molar-refractivity contribution < 1.29 is 19.1 Å². The fraction of sp³-hybridized carbons (Fsp3) is 0.708. The van der Waals surface area contributed by atoms with Crippen LogP contribution in [0, 0.1) is 34.5 Å². The number of rotatable bonds is 3. The molecule has 4 heteroatoms. The van der Waals surface area contributed by atoms with Crippen molar-refractivity contribution in [3.63, 3.8) is 0 Å². The lowest BCUT2D eigenvalue weighted by Gasteiger charge is -2.57. The smallest absolute Gasteiger partial charge is 0.302 e. The van der Waals surface area contributed by atoms with Crippen molar-refractivity contribution in [2.75, 3.05) is 6.61 Å². The summed E-state index contributed by atoms with van der Waals surface area (Å²) in [5, 5.41) is 0. The monoisotopic (exact) mass is 384 g/mol. The van der Waals surface area contributed by atoms with Crippen LogP contribution < -0.4 is 0 Å². The minimum atomic E-state index is -0.293. The van der Waals surface area contributed by atoms with Crippen LogP contribution in [0.5, 0.6) is 0 Å². The highest BCUT2D eigenvalue weighted by Crippen LogP contribution is 2.66. The Morgan fingerprint density at radius 2 is 1.86 bits per heavy atom. The summed E-state index contributed by atoms with van der Waals surface area (Å²) in [6.45, 7) is 8.06. The largest absolute Gasteiger partial charge is 0.461 e. The number of fused-ring (bicyclic) bond motifs is 5. The SMILES string of the molecule is CC(=O)OCC1=C[C@H]2[C@@H]3CC[C@H](C(C)=O)[C@@]3(C)CC[C@@H]2[C@@]2(C)CCC(=O)C=C12. The van der Waals surface area contributed by atoms with E-state index in [4.69, 9.17) is 4.74 Å². The molecule has 152 valence electrons. The van der Waals surface area contributed by atoms with Gasteiger partial charge in [-0.25, -0.2) is 0 Å². The molecule has 2 fully saturated rings. The molecule has 4 rings (SSSR count). The van der Waals surface area contributed by atoms with E-state index in [1.165, 1.54) is 6.92 Å². The van der Waals surface area contributed by atoms with Crippen LogP contribution in [0.4, 0.5) is 0 Å². The third-order valence-electron chi connectivity index (χ3n) is 8.62. The highest BCUT2D eigenvalue weighted by atomic mass is 16.5. The Labute approximate surface area is 167 Å². The summed E-state index contributed by atoms with van der Waals surface area (Å²) in [5.41, 5.74) is 2.13. The molecular weight excluding hydrogens is 352 g/mol. The van der Waals surface area contributed by atoms with E-state index >= 15 is 0 Å². The molecule has 4 aliphatic carbocycles. The summed E-state index contributed by atoms with van der Waals surface area (Å²) in [4.78, 5) is 36.0. The van der Waals surface area contributed by atoms with Crippen LogP contribution >= 0.6 is 0 Å². The Kier molecular flexibility index (Phi) is 4.67. The van der Waals surface area contributed by atoms with E-state index in [9.17, 15) is 14.4 Å². The van der Waals surface area contributed by atoms with Gasteiger partial charge < -0.3 is 4.74 Å². The zero-order valence-corrected chi connectivity index (χ0v) is 17.5. The molecule has 0 unspecified atom stereocenters. The lowest BCUT2D eigenvalue weighted by molar-refractivity contribution is -0.140. The van der Waals surface area contributed by atoms with Gasteiger partial charge in [-0.1, -0.05) is 19.9 Å². The second kappa shape index (κ2) is 6.67. The first kappa shape index (κ1) is 19.6. The molecule has 0 bridgehead atoms. The molecule has 0 aromatic rings. The molecule has 2 saturated carbocycles. The molecule has 4 nitrogen and oxygen atoms in total. The molecule has 6 atom stereocenters. The van der Waals surface area contributed by atoms with Crippen molar-refractivity contribution in [3.8, 4) is 0 Å². The highest BCUT2D eigenvalue weighted by molar-refractivity contribution is 5.92. The van der Waals surface area contributed by atoms with Crippen molar-refractivity contribution >= 4 is 17.5 Å². The minimum absolute atomic E-state index is 0.0432. The average Bonchev–Trinajstić information content (AvgIpc) is 2.98. The minimum Gasteiger partial charge on any atom is -0.461 e. The normalized spacial score (nSPS) is 41.9. The molecule has 0 N–H and O–H groups in total. The van der Waals surface area contributed by atoms with Crippen LogP contribution in [0.25, 0.3) is 0 Å². The number of esters is 1. The predicted molar refractivity (Wildman–Crippen MR) is 106 cm³/mol. The van der Waals surface area contributed by atoms with Crippen LogP contribution in [0.1, 0.15) is 66.2 Å². The van der Waals surface area contributed by atoms with E-state index in [1.54, 1.807) is 6.92 Å². The first-order valence-corrected chi connectivity index (χ1v) is 10.8. The lowest BCUT2D eigenvalue weighted by atomic mass is 9.47. The molecule has 0 aliphatic heterocycles. The molecule has 0 saturated heterocycles. The van der Waals surface area contributed by atoms with E-state index in [0.717, 1.165) is 43.3 Å². The van der Waals surface area contributed by atoms with Gasteiger partial charge in [0.15, 0.2) is 5.78 Å². The number of Topliss-reactive ketones (excluding diaryl/α,β-unsaturated/α-hetero) is 1. The highest BCUT2D eigenvalue weighted by Gasteiger charge is 2.59. The number of carbonyl (C=O) groups excluding carboxylic acids is 3. The summed E-state index contributed by atoms with van der Waals surface area (Å²) in [5.74, 6) is 1.76. The zero-order chi connectivity index (χ0) is 20.3. The number of ketones is 2.